The zero-order valence-electron chi connectivity index (χ0n) is 16.3. The second-order valence-corrected chi connectivity index (χ2v) is 7.87. The molecule has 0 bridgehead atoms. The first-order valence-corrected chi connectivity index (χ1v) is 10.7. The van der Waals surface area contributed by atoms with Crippen molar-refractivity contribution in [3.05, 3.63) is 55.1 Å². The van der Waals surface area contributed by atoms with Gasteiger partial charge >= 0.3 is 0 Å². The van der Waals surface area contributed by atoms with Gasteiger partial charge in [-0.25, -0.2) is 5.43 Å². The monoisotopic (exact) mass is 563 g/mol. The molecule has 0 aliphatic carbocycles. The van der Waals surface area contributed by atoms with E-state index in [1.165, 1.54) is 18.3 Å². The Morgan fingerprint density at radius 3 is 2.63 bits per heavy atom. The lowest BCUT2D eigenvalue weighted by Gasteiger charge is -2.11. The van der Waals surface area contributed by atoms with Crippen LogP contribution in [0.25, 0.3) is 0 Å². The molecule has 2 rings (SSSR count). The first-order valence-electron chi connectivity index (χ1n) is 8.91. The van der Waals surface area contributed by atoms with Crippen molar-refractivity contribution in [2.24, 2.45) is 5.10 Å². The number of hydrazone groups is 1. The summed E-state index contributed by atoms with van der Waals surface area (Å²) < 4.78 is 11.8. The van der Waals surface area contributed by atoms with Gasteiger partial charge in [-0.15, -0.1) is 0 Å². The minimum atomic E-state index is -0.346. The smallest absolute Gasteiger partial charge is 0.251 e. The second kappa shape index (κ2) is 12.0. The molecule has 160 valence electrons. The van der Waals surface area contributed by atoms with Crippen LogP contribution in [0.2, 0.25) is 10.0 Å². The molecule has 0 atom stereocenters. The van der Waals surface area contributed by atoms with E-state index in [0.29, 0.717) is 28.7 Å². The van der Waals surface area contributed by atoms with Crippen molar-refractivity contribution in [2.45, 2.75) is 13.3 Å². The van der Waals surface area contributed by atoms with Crippen molar-refractivity contribution >= 4 is 63.8 Å². The number of methoxy groups -OCH3 is 1. The van der Waals surface area contributed by atoms with E-state index in [1.54, 1.807) is 19.2 Å². The zero-order chi connectivity index (χ0) is 22.1. The fraction of sp³-hybridized carbons (Fsp3) is 0.250. The van der Waals surface area contributed by atoms with Gasteiger partial charge in [0.15, 0.2) is 11.5 Å². The topological polar surface area (TPSA) is 89.0 Å². The SMILES string of the molecule is CCOc1cc(C=NNC(=O)CCNC(=O)c2ccc(Cl)c(Cl)c2)cc(I)c1OC. The molecule has 10 heteroatoms. The third-order valence-electron chi connectivity index (χ3n) is 3.76. The van der Waals surface area contributed by atoms with Crippen LogP contribution >= 0.6 is 45.8 Å². The maximum Gasteiger partial charge on any atom is 0.251 e. The largest absolute Gasteiger partial charge is 0.492 e. The predicted octanol–water partition coefficient (Wildman–Crippen LogP) is 4.28. The molecule has 7 nitrogen and oxygen atoms in total. The highest BCUT2D eigenvalue weighted by molar-refractivity contribution is 14.1. The van der Waals surface area contributed by atoms with E-state index in [2.05, 4.69) is 38.4 Å². The Kier molecular flexibility index (Phi) is 9.67. The van der Waals surface area contributed by atoms with Gasteiger partial charge in [0, 0.05) is 18.5 Å². The van der Waals surface area contributed by atoms with E-state index in [4.69, 9.17) is 32.7 Å². The molecule has 0 saturated heterocycles. The molecule has 0 aliphatic heterocycles. The van der Waals surface area contributed by atoms with Crippen LogP contribution in [0.1, 0.15) is 29.3 Å². The van der Waals surface area contributed by atoms with Crippen LogP contribution in [0, 0.1) is 3.57 Å². The highest BCUT2D eigenvalue weighted by Gasteiger charge is 2.11. The average Bonchev–Trinajstić information content (AvgIpc) is 2.70. The van der Waals surface area contributed by atoms with Crippen LogP contribution in [0.5, 0.6) is 11.5 Å². The van der Waals surface area contributed by atoms with Gasteiger partial charge in [-0.2, -0.15) is 5.10 Å². The van der Waals surface area contributed by atoms with E-state index in [9.17, 15) is 9.59 Å². The summed E-state index contributed by atoms with van der Waals surface area (Å²) in [6.07, 6.45) is 1.57. The van der Waals surface area contributed by atoms with Crippen LogP contribution in [0.3, 0.4) is 0 Å². The molecular formula is C20H20Cl2IN3O4. The Labute approximate surface area is 198 Å². The Bertz CT molecular complexity index is 954. The van der Waals surface area contributed by atoms with Gasteiger partial charge in [-0.05, 0) is 65.4 Å². The molecule has 0 aliphatic rings. The number of benzene rings is 2. The summed E-state index contributed by atoms with van der Waals surface area (Å²) in [5.74, 6) is 0.566. The Morgan fingerprint density at radius 1 is 1.20 bits per heavy atom. The van der Waals surface area contributed by atoms with Gasteiger partial charge in [0.25, 0.3) is 5.91 Å². The highest BCUT2D eigenvalue weighted by atomic mass is 127. The van der Waals surface area contributed by atoms with E-state index < -0.39 is 0 Å². The van der Waals surface area contributed by atoms with E-state index in [0.717, 1.165) is 9.13 Å². The summed E-state index contributed by atoms with van der Waals surface area (Å²) in [6, 6.07) is 8.20. The maximum absolute atomic E-state index is 12.1. The molecule has 0 radical (unpaired) electrons. The minimum Gasteiger partial charge on any atom is -0.492 e. The molecule has 0 aromatic heterocycles. The maximum atomic E-state index is 12.1. The third-order valence-corrected chi connectivity index (χ3v) is 5.30. The number of halogens is 3. The van der Waals surface area contributed by atoms with Crippen LogP contribution in [0.4, 0.5) is 0 Å². The third kappa shape index (κ3) is 7.03. The first kappa shape index (κ1) is 24.2. The Balaban J connectivity index is 1.85. The summed E-state index contributed by atoms with van der Waals surface area (Å²) in [6.45, 7) is 2.53. The Hall–Kier alpha value is -2.04. The lowest BCUT2D eigenvalue weighted by molar-refractivity contribution is -0.120. The van der Waals surface area contributed by atoms with E-state index in [-0.39, 0.29) is 29.8 Å². The number of carbonyl (C=O) groups is 2. The van der Waals surface area contributed by atoms with Gasteiger partial charge in [0.2, 0.25) is 5.91 Å². The van der Waals surface area contributed by atoms with Crippen molar-refractivity contribution in [2.75, 3.05) is 20.3 Å². The fourth-order valence-electron chi connectivity index (χ4n) is 2.39. The number of rotatable bonds is 9. The van der Waals surface area contributed by atoms with Crippen LogP contribution in [0.15, 0.2) is 35.4 Å². The summed E-state index contributed by atoms with van der Waals surface area (Å²) in [4.78, 5) is 24.0. The van der Waals surface area contributed by atoms with Crippen LogP contribution in [-0.4, -0.2) is 38.3 Å². The van der Waals surface area contributed by atoms with E-state index in [1.807, 2.05) is 13.0 Å². The summed E-state index contributed by atoms with van der Waals surface area (Å²) >= 11 is 13.9. The number of hydrogen-bond acceptors (Lipinski definition) is 5. The van der Waals surface area contributed by atoms with E-state index >= 15 is 0 Å². The predicted molar refractivity (Wildman–Crippen MR) is 126 cm³/mol. The van der Waals surface area contributed by atoms with Crippen LogP contribution in [-0.2, 0) is 4.79 Å². The molecular weight excluding hydrogens is 544 g/mol. The number of amides is 2. The number of nitrogens with zero attached hydrogens (tertiary/aromatic N) is 1. The van der Waals surface area contributed by atoms with Crippen molar-refractivity contribution in [1.29, 1.82) is 0 Å². The number of hydrogen-bond donors (Lipinski definition) is 2. The second-order valence-electron chi connectivity index (χ2n) is 5.90. The van der Waals surface area contributed by atoms with Gasteiger partial charge in [-0.1, -0.05) is 23.2 Å². The van der Waals surface area contributed by atoms with Gasteiger partial charge in [0.1, 0.15) is 0 Å². The Morgan fingerprint density at radius 2 is 1.97 bits per heavy atom. The van der Waals surface area contributed by atoms with Crippen molar-refractivity contribution in [3.63, 3.8) is 0 Å². The fourth-order valence-corrected chi connectivity index (χ4v) is 3.53. The molecule has 2 aromatic rings. The van der Waals surface area contributed by atoms with Gasteiger partial charge in [-0.3, -0.25) is 9.59 Å². The van der Waals surface area contributed by atoms with Crippen molar-refractivity contribution in [1.82, 2.24) is 10.7 Å². The molecule has 2 aromatic carbocycles. The summed E-state index contributed by atoms with van der Waals surface area (Å²) in [5.41, 5.74) is 3.54. The first-order chi connectivity index (χ1) is 14.3. The van der Waals surface area contributed by atoms with Gasteiger partial charge in [0.05, 0.1) is 33.5 Å². The molecule has 2 amide bonds. The standard InChI is InChI=1S/C20H20Cl2IN3O4/c1-3-30-17-9-12(8-16(23)19(17)29-2)11-25-26-18(27)6-7-24-20(28)13-4-5-14(21)15(22)10-13/h4-5,8-11H,3,6-7H2,1-2H3,(H,24,28)(H,26,27). The molecule has 0 spiro atoms. The lowest BCUT2D eigenvalue weighted by atomic mass is 10.2. The zero-order valence-corrected chi connectivity index (χ0v) is 20.0. The normalized spacial score (nSPS) is 10.7. The van der Waals surface area contributed by atoms with Crippen molar-refractivity contribution in [3.8, 4) is 11.5 Å². The molecule has 0 fully saturated rings. The molecule has 0 unspecified atom stereocenters. The summed E-state index contributed by atoms with van der Waals surface area (Å²) in [5, 5.41) is 7.24. The molecule has 0 heterocycles. The van der Waals surface area contributed by atoms with Crippen molar-refractivity contribution < 1.29 is 19.1 Å². The molecule has 30 heavy (non-hydrogen) atoms. The quantitative estimate of drug-likeness (QED) is 0.271. The highest BCUT2D eigenvalue weighted by Crippen LogP contribution is 2.33. The number of ether oxygens (including phenoxy) is 2. The molecule has 0 saturated carbocycles. The van der Waals surface area contributed by atoms with Crippen LogP contribution < -0.4 is 20.2 Å². The summed E-state index contributed by atoms with van der Waals surface area (Å²) in [7, 11) is 1.58. The van der Waals surface area contributed by atoms with Gasteiger partial charge < -0.3 is 14.8 Å². The minimum absolute atomic E-state index is 0.0642. The average molecular weight is 564 g/mol. The number of carbonyl (C=O) groups excluding carboxylic acids is 2. The molecule has 2 N–H and O–H groups in total. The number of nitrogens with one attached hydrogen (secondary N) is 2. The lowest BCUT2D eigenvalue weighted by Crippen LogP contribution is -2.29.